The van der Waals surface area contributed by atoms with Crippen molar-refractivity contribution in [1.29, 1.82) is 0 Å². The van der Waals surface area contributed by atoms with Crippen LogP contribution in [-0.2, 0) is 17.6 Å². The highest BCUT2D eigenvalue weighted by molar-refractivity contribution is 6.76. The molecular formula is C11H10Cl3NO. The van der Waals surface area contributed by atoms with Crippen molar-refractivity contribution in [2.24, 2.45) is 0 Å². The zero-order valence-electron chi connectivity index (χ0n) is 8.40. The average Bonchev–Trinajstić information content (AvgIpc) is 2.63. The predicted octanol–water partition coefficient (Wildman–Crippen LogP) is 3.48. The third-order valence-electron chi connectivity index (χ3n) is 2.61. The number of carbonyl (C=O) groups excluding carboxylic acids is 1. The molecule has 0 unspecified atom stereocenters. The van der Waals surface area contributed by atoms with E-state index in [1.807, 2.05) is 18.2 Å². The van der Waals surface area contributed by atoms with E-state index in [1.165, 1.54) is 11.1 Å². The fourth-order valence-corrected chi connectivity index (χ4v) is 1.99. The van der Waals surface area contributed by atoms with Gasteiger partial charge in [0.05, 0.1) is 0 Å². The summed E-state index contributed by atoms with van der Waals surface area (Å²) in [5.74, 6) is -0.629. The number of carbonyl (C=O) groups is 1. The van der Waals surface area contributed by atoms with Crippen molar-refractivity contribution < 1.29 is 4.79 Å². The number of benzene rings is 1. The molecule has 0 heterocycles. The quantitative estimate of drug-likeness (QED) is 0.783. The van der Waals surface area contributed by atoms with E-state index in [9.17, 15) is 4.79 Å². The minimum Gasteiger partial charge on any atom is -0.322 e. The van der Waals surface area contributed by atoms with Gasteiger partial charge in [0.25, 0.3) is 9.70 Å². The van der Waals surface area contributed by atoms with E-state index in [0.29, 0.717) is 5.69 Å². The first kappa shape index (κ1) is 12.0. The molecule has 0 radical (unpaired) electrons. The van der Waals surface area contributed by atoms with Crippen LogP contribution in [0.4, 0.5) is 5.69 Å². The molecule has 1 amide bonds. The van der Waals surface area contributed by atoms with Gasteiger partial charge in [-0.2, -0.15) is 0 Å². The average molecular weight is 279 g/mol. The van der Waals surface area contributed by atoms with Gasteiger partial charge in [-0.15, -0.1) is 0 Å². The van der Waals surface area contributed by atoms with Crippen molar-refractivity contribution in [1.82, 2.24) is 0 Å². The molecule has 1 aliphatic carbocycles. The van der Waals surface area contributed by atoms with Gasteiger partial charge in [-0.05, 0) is 42.5 Å². The van der Waals surface area contributed by atoms with Crippen molar-refractivity contribution in [2.45, 2.75) is 23.1 Å². The lowest BCUT2D eigenvalue weighted by molar-refractivity contribution is -0.115. The second-order valence-corrected chi connectivity index (χ2v) is 6.07. The van der Waals surface area contributed by atoms with Crippen LogP contribution in [0.2, 0.25) is 0 Å². The standard InChI is InChI=1S/C11H10Cl3NO/c12-11(13,14)10(16)15-9-5-4-7-2-1-3-8(7)6-9/h4-6H,1-3H2,(H,15,16). The number of anilines is 1. The molecule has 0 bridgehead atoms. The van der Waals surface area contributed by atoms with Crippen LogP contribution in [0.25, 0.3) is 0 Å². The molecule has 1 N–H and O–H groups in total. The van der Waals surface area contributed by atoms with E-state index in [1.54, 1.807) is 0 Å². The lowest BCUT2D eigenvalue weighted by Gasteiger charge is -2.12. The van der Waals surface area contributed by atoms with Gasteiger partial charge in [0.1, 0.15) is 0 Å². The number of fused-ring (bicyclic) bond motifs is 1. The van der Waals surface area contributed by atoms with Crippen LogP contribution in [-0.4, -0.2) is 9.70 Å². The Morgan fingerprint density at radius 2 is 1.88 bits per heavy atom. The maximum absolute atomic E-state index is 11.4. The van der Waals surface area contributed by atoms with E-state index in [0.717, 1.165) is 19.3 Å². The first-order valence-corrected chi connectivity index (χ1v) is 6.10. The zero-order valence-corrected chi connectivity index (χ0v) is 10.7. The number of halogens is 3. The van der Waals surface area contributed by atoms with E-state index < -0.39 is 9.70 Å². The molecule has 2 nitrogen and oxygen atoms in total. The molecule has 0 fully saturated rings. The maximum atomic E-state index is 11.4. The van der Waals surface area contributed by atoms with Crippen molar-refractivity contribution in [3.63, 3.8) is 0 Å². The number of aryl methyl sites for hydroxylation is 2. The Morgan fingerprint density at radius 3 is 2.56 bits per heavy atom. The summed E-state index contributed by atoms with van der Waals surface area (Å²) in [6.07, 6.45) is 3.32. The first-order chi connectivity index (χ1) is 7.47. The minimum absolute atomic E-state index is 0.629. The van der Waals surface area contributed by atoms with Crippen LogP contribution in [0, 0.1) is 0 Å². The van der Waals surface area contributed by atoms with Gasteiger partial charge >= 0.3 is 0 Å². The second-order valence-electron chi connectivity index (χ2n) is 3.79. The molecule has 5 heteroatoms. The number of hydrogen-bond donors (Lipinski definition) is 1. The van der Waals surface area contributed by atoms with Gasteiger partial charge in [-0.3, -0.25) is 4.79 Å². The molecular weight excluding hydrogens is 268 g/mol. The lowest BCUT2D eigenvalue weighted by Crippen LogP contribution is -2.26. The Morgan fingerprint density at radius 1 is 1.19 bits per heavy atom. The molecule has 0 aliphatic heterocycles. The Kier molecular flexibility index (Phi) is 3.34. The summed E-state index contributed by atoms with van der Waals surface area (Å²) in [7, 11) is 0. The van der Waals surface area contributed by atoms with Gasteiger partial charge < -0.3 is 5.32 Å². The SMILES string of the molecule is O=C(Nc1ccc2c(c1)CCC2)C(Cl)(Cl)Cl. The number of nitrogens with one attached hydrogen (secondary N) is 1. The van der Waals surface area contributed by atoms with Crippen molar-refractivity contribution >= 4 is 46.4 Å². The molecule has 0 atom stereocenters. The predicted molar refractivity (Wildman–Crippen MR) is 67.4 cm³/mol. The monoisotopic (exact) mass is 277 g/mol. The number of amides is 1. The summed E-state index contributed by atoms with van der Waals surface area (Å²) in [5, 5.41) is 2.58. The van der Waals surface area contributed by atoms with Crippen molar-refractivity contribution in [3.8, 4) is 0 Å². The molecule has 1 aromatic rings. The van der Waals surface area contributed by atoms with Crippen LogP contribution in [0.3, 0.4) is 0 Å². The zero-order chi connectivity index (χ0) is 11.8. The van der Waals surface area contributed by atoms with E-state index in [4.69, 9.17) is 34.8 Å². The number of rotatable bonds is 1. The topological polar surface area (TPSA) is 29.1 Å². The smallest absolute Gasteiger partial charge is 0.276 e. The molecule has 0 spiro atoms. The molecule has 86 valence electrons. The van der Waals surface area contributed by atoms with Crippen molar-refractivity contribution in [3.05, 3.63) is 29.3 Å². The Hall–Kier alpha value is -0.440. The molecule has 16 heavy (non-hydrogen) atoms. The molecule has 0 saturated carbocycles. The van der Waals surface area contributed by atoms with Crippen LogP contribution >= 0.6 is 34.8 Å². The fraction of sp³-hybridized carbons (Fsp3) is 0.364. The van der Waals surface area contributed by atoms with E-state index in [2.05, 4.69) is 5.32 Å². The third-order valence-corrected chi connectivity index (χ3v) is 3.13. The number of hydrogen-bond acceptors (Lipinski definition) is 1. The van der Waals surface area contributed by atoms with Gasteiger partial charge in [0.15, 0.2) is 0 Å². The Labute approximate surface area is 109 Å². The van der Waals surface area contributed by atoms with Crippen LogP contribution in [0.15, 0.2) is 18.2 Å². The highest BCUT2D eigenvalue weighted by atomic mass is 35.6. The third kappa shape index (κ3) is 2.62. The van der Waals surface area contributed by atoms with Gasteiger partial charge in [-0.25, -0.2) is 0 Å². The van der Waals surface area contributed by atoms with Gasteiger partial charge in [0, 0.05) is 5.69 Å². The van der Waals surface area contributed by atoms with Crippen molar-refractivity contribution in [2.75, 3.05) is 5.32 Å². The Balaban J connectivity index is 2.14. The molecule has 1 aliphatic rings. The van der Waals surface area contributed by atoms with E-state index in [-0.39, 0.29) is 0 Å². The highest BCUT2D eigenvalue weighted by Crippen LogP contribution is 2.29. The summed E-state index contributed by atoms with van der Waals surface area (Å²) in [5.41, 5.74) is 3.28. The number of alkyl halides is 3. The first-order valence-electron chi connectivity index (χ1n) is 4.97. The molecule has 2 rings (SSSR count). The second kappa shape index (κ2) is 4.44. The van der Waals surface area contributed by atoms with E-state index >= 15 is 0 Å². The fourth-order valence-electron chi connectivity index (χ4n) is 1.85. The summed E-state index contributed by atoms with van der Waals surface area (Å²) >= 11 is 16.4. The maximum Gasteiger partial charge on any atom is 0.276 e. The van der Waals surface area contributed by atoms with Gasteiger partial charge in [-0.1, -0.05) is 40.9 Å². The Bertz CT molecular complexity index is 426. The van der Waals surface area contributed by atoms with Crippen LogP contribution in [0.5, 0.6) is 0 Å². The largest absolute Gasteiger partial charge is 0.322 e. The lowest BCUT2D eigenvalue weighted by atomic mass is 10.1. The molecule has 0 saturated heterocycles. The van der Waals surface area contributed by atoms with Crippen LogP contribution < -0.4 is 5.32 Å². The summed E-state index contributed by atoms with van der Waals surface area (Å²) in [6, 6.07) is 5.78. The molecule has 1 aromatic carbocycles. The summed E-state index contributed by atoms with van der Waals surface area (Å²) in [6.45, 7) is 0. The summed E-state index contributed by atoms with van der Waals surface area (Å²) < 4.78 is -1.92. The summed E-state index contributed by atoms with van der Waals surface area (Å²) in [4.78, 5) is 11.4. The highest BCUT2D eigenvalue weighted by Gasteiger charge is 2.30. The van der Waals surface area contributed by atoms with Crippen LogP contribution in [0.1, 0.15) is 17.5 Å². The molecule has 0 aromatic heterocycles. The minimum atomic E-state index is -1.92. The van der Waals surface area contributed by atoms with Gasteiger partial charge in [0.2, 0.25) is 0 Å². The normalized spacial score (nSPS) is 14.7.